The summed E-state index contributed by atoms with van der Waals surface area (Å²) in [5.74, 6) is -0.745. The summed E-state index contributed by atoms with van der Waals surface area (Å²) in [5, 5.41) is 9.52. The number of hydrogen-bond acceptors (Lipinski definition) is 4. The Morgan fingerprint density at radius 1 is 1.59 bits per heavy atom. The number of carbonyl (C=O) groups excluding carboxylic acids is 1. The van der Waals surface area contributed by atoms with E-state index in [-0.39, 0.29) is 5.75 Å². The second kappa shape index (κ2) is 4.71. The van der Waals surface area contributed by atoms with Crippen LogP contribution in [0.25, 0.3) is 0 Å². The lowest BCUT2D eigenvalue weighted by atomic mass is 10.1. The summed E-state index contributed by atoms with van der Waals surface area (Å²) in [4.78, 5) is 11.2. The summed E-state index contributed by atoms with van der Waals surface area (Å²) >= 11 is 0. The summed E-state index contributed by atoms with van der Waals surface area (Å²) in [6, 6.07) is 3.84. The van der Waals surface area contributed by atoms with Crippen molar-refractivity contribution in [3.05, 3.63) is 29.6 Å². The van der Waals surface area contributed by atoms with Crippen LogP contribution in [0.5, 0.6) is 5.75 Å². The zero-order valence-electron chi connectivity index (χ0n) is 9.35. The molecule has 1 saturated heterocycles. The van der Waals surface area contributed by atoms with Gasteiger partial charge in [0.05, 0.1) is 12.7 Å². The minimum atomic E-state index is -0.789. The van der Waals surface area contributed by atoms with Crippen molar-refractivity contribution in [2.24, 2.45) is 0 Å². The summed E-state index contributed by atoms with van der Waals surface area (Å²) < 4.78 is 23.2. The van der Waals surface area contributed by atoms with Crippen LogP contribution in [0.1, 0.15) is 25.0 Å². The quantitative estimate of drug-likeness (QED) is 0.815. The predicted octanol–water partition coefficient (Wildman–Crippen LogP) is 1.57. The van der Waals surface area contributed by atoms with Crippen molar-refractivity contribution in [2.75, 3.05) is 6.61 Å². The van der Waals surface area contributed by atoms with Crippen molar-refractivity contribution in [1.29, 1.82) is 0 Å². The molecule has 2 atom stereocenters. The van der Waals surface area contributed by atoms with Gasteiger partial charge in [0, 0.05) is 18.1 Å². The molecule has 1 aromatic carbocycles. The summed E-state index contributed by atoms with van der Waals surface area (Å²) in [6.07, 6.45) is -1.06. The number of hydrogen-bond donors (Lipinski definition) is 1. The molecule has 2 unspecified atom stereocenters. The smallest absolute Gasteiger partial charge is 0.347 e. The molecule has 0 saturated carbocycles. The van der Waals surface area contributed by atoms with Crippen LogP contribution in [0.15, 0.2) is 18.2 Å². The van der Waals surface area contributed by atoms with Crippen molar-refractivity contribution < 1.29 is 23.8 Å². The topological polar surface area (TPSA) is 55.8 Å². The number of benzene rings is 1. The standard InChI is InChI=1S/C12H13FO4/c1-7(14)9-3-2-8(13)6-11(9)17-10-4-5-16-12(10)15/h2-3,6-7,10,14H,4-5H2,1H3. The largest absolute Gasteiger partial charge is 0.478 e. The number of esters is 1. The highest BCUT2D eigenvalue weighted by Gasteiger charge is 2.29. The molecule has 0 spiro atoms. The molecule has 1 aromatic rings. The zero-order valence-corrected chi connectivity index (χ0v) is 9.35. The Labute approximate surface area is 98.0 Å². The van der Waals surface area contributed by atoms with Crippen LogP contribution < -0.4 is 4.74 Å². The van der Waals surface area contributed by atoms with Crippen LogP contribution in [0.2, 0.25) is 0 Å². The number of aliphatic hydroxyl groups is 1. The van der Waals surface area contributed by atoms with E-state index in [4.69, 9.17) is 9.47 Å². The van der Waals surface area contributed by atoms with E-state index in [0.717, 1.165) is 6.07 Å². The Morgan fingerprint density at radius 3 is 2.94 bits per heavy atom. The van der Waals surface area contributed by atoms with E-state index in [1.54, 1.807) is 6.92 Å². The third kappa shape index (κ3) is 2.55. The average Bonchev–Trinajstić information content (AvgIpc) is 2.64. The highest BCUT2D eigenvalue weighted by Crippen LogP contribution is 2.28. The fraction of sp³-hybridized carbons (Fsp3) is 0.417. The molecule has 5 heteroatoms. The summed E-state index contributed by atoms with van der Waals surface area (Å²) in [7, 11) is 0. The number of ether oxygens (including phenoxy) is 2. The van der Waals surface area contributed by atoms with Crippen LogP contribution in [0.3, 0.4) is 0 Å². The van der Waals surface area contributed by atoms with Gasteiger partial charge >= 0.3 is 5.97 Å². The highest BCUT2D eigenvalue weighted by atomic mass is 19.1. The predicted molar refractivity (Wildman–Crippen MR) is 57.0 cm³/mol. The van der Waals surface area contributed by atoms with Gasteiger partial charge in [-0.3, -0.25) is 0 Å². The maximum Gasteiger partial charge on any atom is 0.347 e. The SMILES string of the molecule is CC(O)c1ccc(F)cc1OC1CCOC1=O. The molecule has 0 aliphatic carbocycles. The molecule has 4 nitrogen and oxygen atoms in total. The summed E-state index contributed by atoms with van der Waals surface area (Å²) in [6.45, 7) is 1.86. The zero-order chi connectivity index (χ0) is 12.4. The second-order valence-corrected chi connectivity index (χ2v) is 3.92. The molecule has 0 amide bonds. The molecule has 2 rings (SSSR count). The van der Waals surface area contributed by atoms with Crippen LogP contribution in [0, 0.1) is 5.82 Å². The maximum atomic E-state index is 13.1. The van der Waals surface area contributed by atoms with Gasteiger partial charge in [0.15, 0.2) is 6.10 Å². The van der Waals surface area contributed by atoms with E-state index in [1.165, 1.54) is 12.1 Å². The highest BCUT2D eigenvalue weighted by molar-refractivity contribution is 5.76. The van der Waals surface area contributed by atoms with Gasteiger partial charge in [-0.15, -0.1) is 0 Å². The molecule has 0 bridgehead atoms. The van der Waals surface area contributed by atoms with Gasteiger partial charge in [-0.2, -0.15) is 0 Å². The van der Waals surface area contributed by atoms with Gasteiger partial charge in [-0.05, 0) is 19.1 Å². The van der Waals surface area contributed by atoms with Crippen LogP contribution >= 0.6 is 0 Å². The number of aliphatic hydroxyl groups excluding tert-OH is 1. The molecule has 0 aromatic heterocycles. The third-order valence-corrected chi connectivity index (χ3v) is 2.58. The van der Waals surface area contributed by atoms with E-state index in [2.05, 4.69) is 0 Å². The molecule has 1 N–H and O–H groups in total. The number of rotatable bonds is 3. The Kier molecular flexibility index (Phi) is 3.28. The van der Waals surface area contributed by atoms with E-state index in [9.17, 15) is 14.3 Å². The average molecular weight is 240 g/mol. The fourth-order valence-electron chi connectivity index (χ4n) is 1.69. The lowest BCUT2D eigenvalue weighted by Gasteiger charge is -2.15. The van der Waals surface area contributed by atoms with Gasteiger partial charge in [-0.25, -0.2) is 9.18 Å². The first kappa shape index (κ1) is 11.9. The third-order valence-electron chi connectivity index (χ3n) is 2.58. The number of halogens is 1. The van der Waals surface area contributed by atoms with E-state index >= 15 is 0 Å². The summed E-state index contributed by atoms with van der Waals surface area (Å²) in [5.41, 5.74) is 0.450. The lowest BCUT2D eigenvalue weighted by Crippen LogP contribution is -2.22. The molecule has 92 valence electrons. The van der Waals surface area contributed by atoms with Crippen LogP contribution in [0.4, 0.5) is 4.39 Å². The molecule has 17 heavy (non-hydrogen) atoms. The van der Waals surface area contributed by atoms with E-state index < -0.39 is 24.0 Å². The van der Waals surface area contributed by atoms with Crippen molar-refractivity contribution >= 4 is 5.97 Å². The first-order valence-corrected chi connectivity index (χ1v) is 5.38. The Bertz CT molecular complexity index is 431. The maximum absolute atomic E-state index is 13.1. The van der Waals surface area contributed by atoms with Crippen LogP contribution in [-0.2, 0) is 9.53 Å². The van der Waals surface area contributed by atoms with E-state index in [1.807, 2.05) is 0 Å². The van der Waals surface area contributed by atoms with Crippen molar-refractivity contribution in [3.63, 3.8) is 0 Å². The normalized spacial score (nSPS) is 21.1. The van der Waals surface area contributed by atoms with Gasteiger partial charge < -0.3 is 14.6 Å². The number of carbonyl (C=O) groups is 1. The van der Waals surface area contributed by atoms with Gasteiger partial charge in [0.25, 0.3) is 0 Å². The Morgan fingerprint density at radius 2 is 2.35 bits per heavy atom. The lowest BCUT2D eigenvalue weighted by molar-refractivity contribution is -0.143. The molecule has 1 fully saturated rings. The van der Waals surface area contributed by atoms with Crippen LogP contribution in [-0.4, -0.2) is 23.8 Å². The molecule has 1 aliphatic heterocycles. The van der Waals surface area contributed by atoms with Gasteiger partial charge in [-0.1, -0.05) is 0 Å². The van der Waals surface area contributed by atoms with Crippen molar-refractivity contribution in [3.8, 4) is 5.75 Å². The minimum absolute atomic E-state index is 0.184. The molecule has 1 heterocycles. The first-order valence-electron chi connectivity index (χ1n) is 5.38. The molecular formula is C12H13FO4. The number of cyclic esters (lactones) is 1. The first-order chi connectivity index (χ1) is 8.08. The molecular weight excluding hydrogens is 227 g/mol. The monoisotopic (exact) mass is 240 g/mol. The fourth-order valence-corrected chi connectivity index (χ4v) is 1.69. The second-order valence-electron chi connectivity index (χ2n) is 3.92. The van der Waals surface area contributed by atoms with Crippen molar-refractivity contribution in [2.45, 2.75) is 25.6 Å². The van der Waals surface area contributed by atoms with E-state index in [0.29, 0.717) is 18.6 Å². The Hall–Kier alpha value is -1.62. The van der Waals surface area contributed by atoms with Crippen molar-refractivity contribution in [1.82, 2.24) is 0 Å². The molecule has 1 aliphatic rings. The Balaban J connectivity index is 2.24. The van der Waals surface area contributed by atoms with Gasteiger partial charge in [0.2, 0.25) is 0 Å². The molecule has 0 radical (unpaired) electrons. The van der Waals surface area contributed by atoms with Gasteiger partial charge in [0.1, 0.15) is 11.6 Å². The minimum Gasteiger partial charge on any atom is -0.478 e.